The summed E-state index contributed by atoms with van der Waals surface area (Å²) >= 11 is 11.7. The van der Waals surface area contributed by atoms with Gasteiger partial charge in [0.25, 0.3) is 0 Å². The smallest absolute Gasteiger partial charge is 0.207 e. The summed E-state index contributed by atoms with van der Waals surface area (Å²) in [6, 6.07) is 8.70. The van der Waals surface area contributed by atoms with Gasteiger partial charge in [0, 0.05) is 26.2 Å². The van der Waals surface area contributed by atoms with E-state index in [-0.39, 0.29) is 46.0 Å². The van der Waals surface area contributed by atoms with Crippen LogP contribution in [0.4, 0.5) is 4.39 Å². The molecular weight excluding hydrogens is 438 g/mol. The molecule has 0 amide bonds. The molecule has 0 atom stereocenters. The van der Waals surface area contributed by atoms with Crippen molar-refractivity contribution in [2.24, 2.45) is 0 Å². The highest BCUT2D eigenvalue weighted by Crippen LogP contribution is 2.27. The fourth-order valence-corrected chi connectivity index (χ4v) is 5.98. The van der Waals surface area contributed by atoms with Gasteiger partial charge in [0.05, 0.1) is 19.8 Å². The van der Waals surface area contributed by atoms with Gasteiger partial charge >= 0.3 is 0 Å². The molecule has 2 aromatic carbocycles. The Morgan fingerprint density at radius 2 is 1.26 bits per heavy atom. The highest BCUT2D eigenvalue weighted by molar-refractivity contribution is 7.89. The molecule has 6 nitrogen and oxygen atoms in total. The number of halogens is 3. The Morgan fingerprint density at radius 3 is 1.74 bits per heavy atom. The fraction of sp³-hybridized carbons (Fsp3) is 0.250. The van der Waals surface area contributed by atoms with Gasteiger partial charge in [-0.3, -0.25) is 0 Å². The first-order valence-corrected chi connectivity index (χ1v) is 11.5. The van der Waals surface area contributed by atoms with Crippen LogP contribution in [-0.4, -0.2) is 51.6 Å². The van der Waals surface area contributed by atoms with Crippen molar-refractivity contribution in [3.63, 3.8) is 0 Å². The molecule has 0 N–H and O–H groups in total. The first kappa shape index (κ1) is 20.5. The number of benzene rings is 2. The van der Waals surface area contributed by atoms with Crippen LogP contribution in [-0.2, 0) is 20.0 Å². The Hall–Kier alpha value is -1.23. The molecule has 0 bridgehead atoms. The van der Waals surface area contributed by atoms with Gasteiger partial charge in [-0.15, -0.1) is 0 Å². The van der Waals surface area contributed by atoms with Crippen LogP contribution in [0, 0.1) is 5.82 Å². The summed E-state index contributed by atoms with van der Waals surface area (Å²) in [7, 11) is -7.73. The molecule has 2 aromatic rings. The summed E-state index contributed by atoms with van der Waals surface area (Å²) in [5.74, 6) is -0.656. The monoisotopic (exact) mass is 452 g/mol. The summed E-state index contributed by atoms with van der Waals surface area (Å²) in [6.07, 6.45) is 0. The van der Waals surface area contributed by atoms with E-state index in [1.54, 1.807) is 0 Å². The highest BCUT2D eigenvalue weighted by Gasteiger charge is 2.34. The van der Waals surface area contributed by atoms with Crippen molar-refractivity contribution in [3.05, 3.63) is 58.3 Å². The van der Waals surface area contributed by atoms with Gasteiger partial charge in [0.15, 0.2) is 0 Å². The zero-order valence-corrected chi connectivity index (χ0v) is 17.0. The van der Waals surface area contributed by atoms with E-state index in [0.29, 0.717) is 0 Å². The summed E-state index contributed by atoms with van der Waals surface area (Å²) in [5.41, 5.74) is 0. The predicted octanol–water partition coefficient (Wildman–Crippen LogP) is 2.83. The lowest BCUT2D eigenvalue weighted by molar-refractivity contribution is 0.272. The van der Waals surface area contributed by atoms with Crippen LogP contribution in [0.1, 0.15) is 0 Å². The molecule has 0 unspecified atom stereocenters. The maximum absolute atomic E-state index is 13.3. The van der Waals surface area contributed by atoms with E-state index in [1.165, 1.54) is 34.6 Å². The zero-order valence-electron chi connectivity index (χ0n) is 13.8. The maximum atomic E-state index is 13.3. The second kappa shape index (κ2) is 7.65. The zero-order chi connectivity index (χ0) is 19.8. The van der Waals surface area contributed by atoms with Crippen LogP contribution in [0.2, 0.25) is 10.0 Å². The first-order chi connectivity index (χ1) is 12.6. The van der Waals surface area contributed by atoms with Crippen LogP contribution in [0.3, 0.4) is 0 Å². The van der Waals surface area contributed by atoms with Crippen LogP contribution in [0.15, 0.2) is 52.3 Å². The van der Waals surface area contributed by atoms with Gasteiger partial charge < -0.3 is 0 Å². The lowest BCUT2D eigenvalue weighted by Crippen LogP contribution is -2.50. The molecule has 0 aliphatic carbocycles. The Kier molecular flexibility index (Phi) is 5.81. The summed E-state index contributed by atoms with van der Waals surface area (Å²) in [6.45, 7) is -0.146. The lowest BCUT2D eigenvalue weighted by Gasteiger charge is -2.33. The molecule has 1 aliphatic heterocycles. The quantitative estimate of drug-likeness (QED) is 0.714. The van der Waals surface area contributed by atoms with Crippen LogP contribution in [0.25, 0.3) is 0 Å². The Labute approximate surface area is 167 Å². The molecule has 1 saturated heterocycles. The van der Waals surface area contributed by atoms with Crippen LogP contribution in [0.5, 0.6) is 0 Å². The Bertz CT molecular complexity index is 1070. The van der Waals surface area contributed by atoms with Gasteiger partial charge in [-0.25, -0.2) is 21.2 Å². The third-order valence-corrected chi connectivity index (χ3v) is 8.69. The molecule has 3 rings (SSSR count). The molecule has 0 saturated carbocycles. The summed E-state index contributed by atoms with van der Waals surface area (Å²) < 4.78 is 66.3. The largest absolute Gasteiger partial charge is 0.243 e. The van der Waals surface area contributed by atoms with Crippen molar-refractivity contribution >= 4 is 43.2 Å². The van der Waals surface area contributed by atoms with E-state index >= 15 is 0 Å². The van der Waals surface area contributed by atoms with Crippen LogP contribution >= 0.6 is 23.2 Å². The molecule has 1 aliphatic rings. The third-order valence-electron chi connectivity index (χ3n) is 4.16. The lowest BCUT2D eigenvalue weighted by atomic mass is 10.4. The van der Waals surface area contributed by atoms with Gasteiger partial charge in [-0.05, 0) is 36.4 Å². The number of hydrogen-bond donors (Lipinski definition) is 0. The minimum Gasteiger partial charge on any atom is -0.207 e. The van der Waals surface area contributed by atoms with Gasteiger partial charge in [-0.2, -0.15) is 8.61 Å². The molecule has 27 heavy (non-hydrogen) atoms. The number of nitrogens with zero attached hydrogens (tertiary/aromatic N) is 2. The van der Waals surface area contributed by atoms with E-state index in [0.717, 1.165) is 16.4 Å². The molecule has 0 spiro atoms. The van der Waals surface area contributed by atoms with Gasteiger partial charge in [-0.1, -0.05) is 29.3 Å². The maximum Gasteiger partial charge on any atom is 0.243 e. The topological polar surface area (TPSA) is 74.8 Å². The van der Waals surface area contributed by atoms with E-state index in [2.05, 4.69) is 0 Å². The van der Waals surface area contributed by atoms with Crippen molar-refractivity contribution in [1.82, 2.24) is 8.61 Å². The van der Waals surface area contributed by atoms with E-state index in [9.17, 15) is 21.2 Å². The van der Waals surface area contributed by atoms with Crippen LogP contribution < -0.4 is 0 Å². The van der Waals surface area contributed by atoms with Gasteiger partial charge in [0.2, 0.25) is 20.0 Å². The Balaban J connectivity index is 1.77. The molecule has 0 aromatic heterocycles. The average molecular weight is 453 g/mol. The van der Waals surface area contributed by atoms with Crippen molar-refractivity contribution in [3.8, 4) is 0 Å². The predicted molar refractivity (Wildman–Crippen MR) is 100 cm³/mol. The minimum atomic E-state index is -3.90. The molecular formula is C16H15Cl2FN2O4S2. The normalized spacial score (nSPS) is 17.1. The first-order valence-electron chi connectivity index (χ1n) is 7.83. The van der Waals surface area contributed by atoms with E-state index in [4.69, 9.17) is 23.2 Å². The standard InChI is InChI=1S/C16H15Cl2FN2O4S2/c17-15-5-4-14(11-16(15)18)27(24,25)21-8-6-20(7-9-21)26(22,23)13-3-1-2-12(19)10-13/h1-5,10-11H,6-9H2. The minimum absolute atomic E-state index is 0.0154. The van der Waals surface area contributed by atoms with Crippen molar-refractivity contribution in [2.45, 2.75) is 9.79 Å². The second-order valence-electron chi connectivity index (χ2n) is 5.84. The summed E-state index contributed by atoms with van der Waals surface area (Å²) in [4.78, 5) is -0.179. The number of piperazine rings is 1. The van der Waals surface area contributed by atoms with Crippen molar-refractivity contribution < 1.29 is 21.2 Å². The number of hydrogen-bond acceptors (Lipinski definition) is 4. The molecule has 1 heterocycles. The highest BCUT2D eigenvalue weighted by atomic mass is 35.5. The second-order valence-corrected chi connectivity index (χ2v) is 10.5. The molecule has 1 fully saturated rings. The Morgan fingerprint density at radius 1 is 0.741 bits per heavy atom. The number of rotatable bonds is 4. The number of sulfonamides is 2. The molecule has 146 valence electrons. The average Bonchev–Trinajstić information content (AvgIpc) is 2.64. The molecule has 11 heteroatoms. The summed E-state index contributed by atoms with van der Waals surface area (Å²) in [5, 5.41) is 0.353. The van der Waals surface area contributed by atoms with E-state index in [1.807, 2.05) is 0 Å². The molecule has 0 radical (unpaired) electrons. The van der Waals surface area contributed by atoms with Gasteiger partial charge in [0.1, 0.15) is 5.82 Å². The van der Waals surface area contributed by atoms with Crippen molar-refractivity contribution in [1.29, 1.82) is 0 Å². The van der Waals surface area contributed by atoms with E-state index < -0.39 is 25.9 Å². The SMILES string of the molecule is O=S(=O)(c1cccc(F)c1)N1CCN(S(=O)(=O)c2ccc(Cl)c(Cl)c2)CC1. The van der Waals surface area contributed by atoms with Crippen molar-refractivity contribution in [2.75, 3.05) is 26.2 Å². The third kappa shape index (κ3) is 4.13. The fourth-order valence-electron chi connectivity index (χ4n) is 2.71.